The average molecular weight is 295 g/mol. The number of nitrogens with zero attached hydrogens (tertiary/aromatic N) is 3. The number of aliphatic hydroxyl groups is 1. The molecule has 108 valence electrons. The minimum Gasteiger partial charge on any atom is -0.395 e. The van der Waals surface area contributed by atoms with E-state index in [9.17, 15) is 8.42 Å². The fourth-order valence-electron chi connectivity index (χ4n) is 2.26. The van der Waals surface area contributed by atoms with E-state index in [0.29, 0.717) is 32.7 Å². The fraction of sp³-hybridized carbons (Fsp3) is 0.462. The maximum absolute atomic E-state index is 12.5. The van der Waals surface area contributed by atoms with Crippen LogP contribution >= 0.6 is 0 Å². The fourth-order valence-corrected chi connectivity index (χ4v) is 3.82. The summed E-state index contributed by atoms with van der Waals surface area (Å²) in [6.45, 7) is 2.57. The van der Waals surface area contributed by atoms with Crippen molar-refractivity contribution in [2.75, 3.05) is 39.3 Å². The number of aliphatic hydroxyl groups excluding tert-OH is 1. The molecule has 7 heteroatoms. The summed E-state index contributed by atoms with van der Waals surface area (Å²) in [5.41, 5.74) is 0.172. The third-order valence-electron chi connectivity index (χ3n) is 3.37. The van der Waals surface area contributed by atoms with Gasteiger partial charge in [0.15, 0.2) is 0 Å². The van der Waals surface area contributed by atoms with Crippen molar-refractivity contribution in [3.63, 3.8) is 0 Å². The molecular weight excluding hydrogens is 278 g/mol. The number of benzene rings is 1. The molecule has 0 aliphatic carbocycles. The van der Waals surface area contributed by atoms with Gasteiger partial charge in [0.25, 0.3) is 0 Å². The summed E-state index contributed by atoms with van der Waals surface area (Å²) in [7, 11) is -3.62. The van der Waals surface area contributed by atoms with Crippen molar-refractivity contribution in [2.24, 2.45) is 0 Å². The van der Waals surface area contributed by atoms with Crippen molar-refractivity contribution >= 4 is 10.0 Å². The quantitative estimate of drug-likeness (QED) is 0.835. The van der Waals surface area contributed by atoms with Gasteiger partial charge >= 0.3 is 0 Å². The third kappa shape index (κ3) is 2.99. The second-order valence-corrected chi connectivity index (χ2v) is 6.48. The maximum Gasteiger partial charge on any atom is 0.244 e. The highest BCUT2D eigenvalue weighted by atomic mass is 32.2. The first-order valence-electron chi connectivity index (χ1n) is 6.42. The summed E-state index contributed by atoms with van der Waals surface area (Å²) in [6, 6.07) is 8.17. The molecule has 0 unspecified atom stereocenters. The van der Waals surface area contributed by atoms with Crippen LogP contribution in [-0.4, -0.2) is 62.1 Å². The summed E-state index contributed by atoms with van der Waals surface area (Å²) in [5, 5.41) is 17.9. The number of rotatable bonds is 4. The van der Waals surface area contributed by atoms with Gasteiger partial charge in [-0.25, -0.2) is 8.42 Å². The molecule has 1 aromatic carbocycles. The molecule has 0 radical (unpaired) electrons. The summed E-state index contributed by atoms with van der Waals surface area (Å²) < 4.78 is 26.5. The van der Waals surface area contributed by atoms with Gasteiger partial charge in [0, 0.05) is 32.7 Å². The lowest BCUT2D eigenvalue weighted by molar-refractivity contribution is 0.151. The van der Waals surface area contributed by atoms with Crippen LogP contribution in [0.4, 0.5) is 0 Å². The van der Waals surface area contributed by atoms with Crippen molar-refractivity contribution in [1.82, 2.24) is 9.21 Å². The van der Waals surface area contributed by atoms with E-state index in [1.807, 2.05) is 11.0 Å². The van der Waals surface area contributed by atoms with Crippen LogP contribution in [0.5, 0.6) is 0 Å². The monoisotopic (exact) mass is 295 g/mol. The first-order chi connectivity index (χ1) is 9.59. The summed E-state index contributed by atoms with van der Waals surface area (Å²) in [5.74, 6) is 0. The van der Waals surface area contributed by atoms with Gasteiger partial charge in [0.2, 0.25) is 10.0 Å². The average Bonchev–Trinajstić information content (AvgIpc) is 2.48. The number of sulfonamides is 1. The zero-order valence-electron chi connectivity index (χ0n) is 11.1. The SMILES string of the molecule is N#Cc1ccccc1S(=O)(=O)N1CCN(CCO)CC1. The summed E-state index contributed by atoms with van der Waals surface area (Å²) >= 11 is 0. The van der Waals surface area contributed by atoms with Gasteiger partial charge in [0.1, 0.15) is 6.07 Å². The van der Waals surface area contributed by atoms with E-state index in [1.54, 1.807) is 12.1 Å². The Morgan fingerprint density at radius 3 is 2.45 bits per heavy atom. The molecule has 0 spiro atoms. The molecule has 0 aromatic heterocycles. The van der Waals surface area contributed by atoms with Crippen molar-refractivity contribution in [3.05, 3.63) is 29.8 Å². The normalized spacial score (nSPS) is 17.8. The third-order valence-corrected chi connectivity index (χ3v) is 5.33. The van der Waals surface area contributed by atoms with Crippen LogP contribution in [0.1, 0.15) is 5.56 Å². The van der Waals surface area contributed by atoms with Crippen LogP contribution in [-0.2, 0) is 10.0 Å². The molecule has 1 aromatic rings. The standard InChI is InChI=1S/C13H17N3O3S/c14-11-12-3-1-2-4-13(12)20(18,19)16-7-5-15(6-8-16)9-10-17/h1-4,17H,5-10H2. The van der Waals surface area contributed by atoms with E-state index in [-0.39, 0.29) is 17.1 Å². The molecule has 20 heavy (non-hydrogen) atoms. The Kier molecular flexibility index (Phi) is 4.73. The van der Waals surface area contributed by atoms with E-state index >= 15 is 0 Å². The Hall–Kier alpha value is -1.46. The molecular formula is C13H17N3O3S. The highest BCUT2D eigenvalue weighted by Gasteiger charge is 2.29. The number of hydrogen-bond acceptors (Lipinski definition) is 5. The van der Waals surface area contributed by atoms with Gasteiger partial charge in [-0.3, -0.25) is 4.90 Å². The van der Waals surface area contributed by atoms with Gasteiger partial charge in [-0.2, -0.15) is 9.57 Å². The van der Waals surface area contributed by atoms with Crippen LogP contribution in [0.2, 0.25) is 0 Å². The second-order valence-electron chi connectivity index (χ2n) is 4.58. The first-order valence-corrected chi connectivity index (χ1v) is 7.86. The zero-order valence-corrected chi connectivity index (χ0v) is 11.9. The summed E-state index contributed by atoms with van der Waals surface area (Å²) in [6.07, 6.45) is 0. The largest absolute Gasteiger partial charge is 0.395 e. The minimum atomic E-state index is -3.62. The predicted octanol–water partition coefficient (Wildman–Crippen LogP) is -0.143. The molecule has 1 N–H and O–H groups in total. The smallest absolute Gasteiger partial charge is 0.244 e. The Bertz CT molecular complexity index is 602. The lowest BCUT2D eigenvalue weighted by Gasteiger charge is -2.33. The minimum absolute atomic E-state index is 0.0677. The number of β-amino-alcohol motifs (C(OH)–C–C–N with tert-alkyl or cyclic N) is 1. The highest BCUT2D eigenvalue weighted by molar-refractivity contribution is 7.89. The molecule has 1 aliphatic rings. The Balaban J connectivity index is 2.18. The highest BCUT2D eigenvalue weighted by Crippen LogP contribution is 2.20. The Morgan fingerprint density at radius 1 is 1.20 bits per heavy atom. The Morgan fingerprint density at radius 2 is 1.85 bits per heavy atom. The molecule has 0 bridgehead atoms. The van der Waals surface area contributed by atoms with Crippen LogP contribution in [0, 0.1) is 11.3 Å². The molecule has 1 saturated heterocycles. The van der Waals surface area contributed by atoms with Crippen LogP contribution in [0.25, 0.3) is 0 Å². The van der Waals surface area contributed by atoms with Crippen molar-refractivity contribution in [1.29, 1.82) is 5.26 Å². The molecule has 6 nitrogen and oxygen atoms in total. The summed E-state index contributed by atoms with van der Waals surface area (Å²) in [4.78, 5) is 2.08. The van der Waals surface area contributed by atoms with E-state index in [1.165, 1.54) is 16.4 Å². The number of nitriles is 1. The van der Waals surface area contributed by atoms with Crippen molar-refractivity contribution in [2.45, 2.75) is 4.90 Å². The van der Waals surface area contributed by atoms with Crippen LogP contribution < -0.4 is 0 Å². The van der Waals surface area contributed by atoms with Crippen LogP contribution in [0.15, 0.2) is 29.2 Å². The Labute approximate surface area is 118 Å². The molecule has 1 heterocycles. The lowest BCUT2D eigenvalue weighted by Crippen LogP contribution is -2.49. The van der Waals surface area contributed by atoms with E-state index in [2.05, 4.69) is 0 Å². The number of piperazine rings is 1. The number of hydrogen-bond donors (Lipinski definition) is 1. The van der Waals surface area contributed by atoms with E-state index in [4.69, 9.17) is 10.4 Å². The molecule has 1 fully saturated rings. The van der Waals surface area contributed by atoms with Crippen LogP contribution in [0.3, 0.4) is 0 Å². The van der Waals surface area contributed by atoms with E-state index < -0.39 is 10.0 Å². The topological polar surface area (TPSA) is 84.6 Å². The van der Waals surface area contributed by atoms with Gasteiger partial charge < -0.3 is 5.11 Å². The van der Waals surface area contributed by atoms with Gasteiger partial charge in [-0.15, -0.1) is 0 Å². The maximum atomic E-state index is 12.5. The zero-order chi connectivity index (χ0) is 14.6. The van der Waals surface area contributed by atoms with Gasteiger partial charge in [-0.05, 0) is 12.1 Å². The predicted molar refractivity (Wildman–Crippen MR) is 73.4 cm³/mol. The van der Waals surface area contributed by atoms with Gasteiger partial charge in [0.05, 0.1) is 17.1 Å². The first kappa shape index (κ1) is 14.9. The van der Waals surface area contributed by atoms with Gasteiger partial charge in [-0.1, -0.05) is 12.1 Å². The van der Waals surface area contributed by atoms with E-state index in [0.717, 1.165) is 0 Å². The molecule has 0 saturated carbocycles. The molecule has 0 atom stereocenters. The second kappa shape index (κ2) is 6.33. The van der Waals surface area contributed by atoms with Crippen molar-refractivity contribution in [3.8, 4) is 6.07 Å². The van der Waals surface area contributed by atoms with Crippen molar-refractivity contribution < 1.29 is 13.5 Å². The lowest BCUT2D eigenvalue weighted by atomic mass is 10.2. The molecule has 1 aliphatic heterocycles. The molecule has 0 amide bonds. The molecule has 2 rings (SSSR count).